The van der Waals surface area contributed by atoms with E-state index in [4.69, 9.17) is 5.26 Å². The van der Waals surface area contributed by atoms with Gasteiger partial charge in [-0.3, -0.25) is 10.1 Å². The van der Waals surface area contributed by atoms with Gasteiger partial charge in [-0.15, -0.1) is 0 Å². The summed E-state index contributed by atoms with van der Waals surface area (Å²) in [4.78, 5) is 16.4. The monoisotopic (exact) mass is 338 g/mol. The number of amides is 1. The molecule has 1 atom stereocenters. The Morgan fingerprint density at radius 1 is 1.17 bits per heavy atom. The van der Waals surface area contributed by atoms with Crippen molar-refractivity contribution in [2.45, 2.75) is 13.0 Å². The Morgan fingerprint density at radius 2 is 1.79 bits per heavy atom. The first-order chi connectivity index (χ1) is 11.7. The van der Waals surface area contributed by atoms with E-state index >= 15 is 0 Å². The fourth-order valence-electron chi connectivity index (χ4n) is 2.01. The minimum absolute atomic E-state index is 0.0715. The van der Waals surface area contributed by atoms with Crippen LogP contribution < -0.4 is 10.6 Å². The van der Waals surface area contributed by atoms with Crippen LogP contribution in [-0.4, -0.2) is 16.8 Å². The summed E-state index contributed by atoms with van der Waals surface area (Å²) >= 11 is 1.19. The zero-order valence-electron chi connectivity index (χ0n) is 13.3. The molecule has 0 aliphatic heterocycles. The number of benzene rings is 2. The molecule has 2 N–H and O–H groups in total. The second-order valence-electron chi connectivity index (χ2n) is 4.98. The van der Waals surface area contributed by atoms with Gasteiger partial charge in [0.15, 0.2) is 11.4 Å². The van der Waals surface area contributed by atoms with Crippen molar-refractivity contribution in [2.24, 2.45) is 4.99 Å². The topological polar surface area (TPSA) is 77.3 Å². The smallest absolute Gasteiger partial charge is 0.230 e. The number of aliphatic imine (C=N–C) groups is 1. The van der Waals surface area contributed by atoms with Crippen LogP contribution >= 0.6 is 11.8 Å². The highest BCUT2D eigenvalue weighted by Gasteiger charge is 2.11. The lowest BCUT2D eigenvalue weighted by Crippen LogP contribution is -2.29. The van der Waals surface area contributed by atoms with Gasteiger partial charge >= 0.3 is 0 Å². The molecule has 2 rings (SSSR count). The van der Waals surface area contributed by atoms with Crippen LogP contribution in [0.5, 0.6) is 0 Å². The lowest BCUT2D eigenvalue weighted by Gasteiger charge is -2.14. The van der Waals surface area contributed by atoms with Gasteiger partial charge in [0.1, 0.15) is 0 Å². The molecule has 0 aliphatic rings. The molecule has 0 saturated carbocycles. The molecular weight excluding hydrogens is 320 g/mol. The van der Waals surface area contributed by atoms with Gasteiger partial charge in [0.05, 0.1) is 17.5 Å². The summed E-state index contributed by atoms with van der Waals surface area (Å²) < 4.78 is 0. The average Bonchev–Trinajstić information content (AvgIpc) is 2.61. The van der Waals surface area contributed by atoms with Gasteiger partial charge in [-0.1, -0.05) is 60.3 Å². The van der Waals surface area contributed by atoms with Crippen LogP contribution in [0.25, 0.3) is 0 Å². The van der Waals surface area contributed by atoms with Crippen LogP contribution in [-0.2, 0) is 4.79 Å². The van der Waals surface area contributed by atoms with Crippen molar-refractivity contribution >= 4 is 28.5 Å². The van der Waals surface area contributed by atoms with Gasteiger partial charge in [-0.2, -0.15) is 5.26 Å². The van der Waals surface area contributed by atoms with Gasteiger partial charge in [-0.25, -0.2) is 4.99 Å². The van der Waals surface area contributed by atoms with Crippen LogP contribution in [0.1, 0.15) is 18.5 Å². The molecule has 0 aromatic heterocycles. The highest BCUT2D eigenvalue weighted by atomic mass is 32.2. The molecule has 122 valence electrons. The molecule has 0 radical (unpaired) electrons. The normalized spacial score (nSPS) is 12.1. The van der Waals surface area contributed by atoms with Crippen molar-refractivity contribution in [3.8, 4) is 6.19 Å². The lowest BCUT2D eigenvalue weighted by atomic mass is 10.1. The molecule has 24 heavy (non-hydrogen) atoms. The molecule has 5 nitrogen and oxygen atoms in total. The number of nitrogens with zero attached hydrogens (tertiary/aromatic N) is 2. The lowest BCUT2D eigenvalue weighted by molar-refractivity contribution is -0.119. The second kappa shape index (κ2) is 9.38. The van der Waals surface area contributed by atoms with Gasteiger partial charge in [0, 0.05) is 0 Å². The molecule has 0 unspecified atom stereocenters. The molecule has 0 aliphatic carbocycles. The summed E-state index contributed by atoms with van der Waals surface area (Å²) in [6.45, 7) is 1.93. The van der Waals surface area contributed by atoms with Crippen LogP contribution in [0.15, 0.2) is 65.7 Å². The number of hydrogen-bond donors (Lipinski definition) is 2. The SMILES string of the molecule is C[C@@H](NC(=O)CSC(=Nc1ccccc1)NC#N)c1ccccc1. The molecule has 0 spiro atoms. The van der Waals surface area contributed by atoms with Crippen molar-refractivity contribution < 1.29 is 4.79 Å². The minimum atomic E-state index is -0.114. The molecule has 2 aromatic rings. The van der Waals surface area contributed by atoms with E-state index in [2.05, 4.69) is 15.6 Å². The third-order valence-corrected chi connectivity index (χ3v) is 4.04. The summed E-state index contributed by atoms with van der Waals surface area (Å²) in [5.74, 6) is 0.0641. The Bertz CT molecular complexity index is 726. The van der Waals surface area contributed by atoms with E-state index in [9.17, 15) is 4.79 Å². The summed E-state index contributed by atoms with van der Waals surface area (Å²) in [5.41, 5.74) is 1.77. The summed E-state index contributed by atoms with van der Waals surface area (Å²) in [5, 5.41) is 14.7. The molecule has 2 aromatic carbocycles. The first-order valence-corrected chi connectivity index (χ1v) is 8.43. The van der Waals surface area contributed by atoms with Crippen LogP contribution in [0.3, 0.4) is 0 Å². The number of carbonyl (C=O) groups excluding carboxylic acids is 1. The van der Waals surface area contributed by atoms with E-state index in [0.717, 1.165) is 11.3 Å². The predicted molar refractivity (Wildman–Crippen MR) is 97.7 cm³/mol. The number of carbonyl (C=O) groups is 1. The molecule has 1 amide bonds. The van der Waals surface area contributed by atoms with Crippen molar-refractivity contribution in [2.75, 3.05) is 5.75 Å². The third kappa shape index (κ3) is 5.78. The standard InChI is InChI=1S/C18H18N4OS/c1-14(15-8-4-2-5-9-15)21-17(23)12-24-18(20-13-19)22-16-10-6-3-7-11-16/h2-11,14H,12H2,1H3,(H,20,22)(H,21,23)/t14-/m1/s1. The molecule has 0 heterocycles. The van der Waals surface area contributed by atoms with Crippen molar-refractivity contribution in [1.29, 1.82) is 5.26 Å². The number of thioether (sulfide) groups is 1. The summed E-state index contributed by atoms with van der Waals surface area (Å²) in [6, 6.07) is 19.0. The van der Waals surface area contributed by atoms with Crippen LogP contribution in [0.2, 0.25) is 0 Å². The number of nitriles is 1. The van der Waals surface area contributed by atoms with Gasteiger partial charge < -0.3 is 5.32 Å². The summed E-state index contributed by atoms with van der Waals surface area (Å²) in [6.07, 6.45) is 1.85. The fraction of sp³-hybridized carbons (Fsp3) is 0.167. The van der Waals surface area contributed by atoms with Gasteiger partial charge in [-0.05, 0) is 24.6 Å². The number of hydrogen-bond acceptors (Lipinski definition) is 4. The number of amidine groups is 1. The second-order valence-corrected chi connectivity index (χ2v) is 5.94. The average molecular weight is 338 g/mol. The zero-order chi connectivity index (χ0) is 17.2. The minimum Gasteiger partial charge on any atom is -0.349 e. The largest absolute Gasteiger partial charge is 0.349 e. The quantitative estimate of drug-likeness (QED) is 0.379. The first-order valence-electron chi connectivity index (χ1n) is 7.45. The van der Waals surface area contributed by atoms with Crippen molar-refractivity contribution in [3.63, 3.8) is 0 Å². The van der Waals surface area contributed by atoms with Gasteiger partial charge in [0.2, 0.25) is 5.91 Å². The maximum atomic E-state index is 12.1. The van der Waals surface area contributed by atoms with E-state index in [-0.39, 0.29) is 17.7 Å². The molecule has 6 heteroatoms. The first kappa shape index (κ1) is 17.6. The van der Waals surface area contributed by atoms with E-state index in [1.165, 1.54) is 11.8 Å². The Morgan fingerprint density at radius 3 is 2.42 bits per heavy atom. The molecule has 0 saturated heterocycles. The number of rotatable bonds is 5. The maximum absolute atomic E-state index is 12.1. The summed E-state index contributed by atoms with van der Waals surface area (Å²) in [7, 11) is 0. The zero-order valence-corrected chi connectivity index (χ0v) is 14.1. The Labute approximate surface area is 145 Å². The number of nitrogens with one attached hydrogen (secondary N) is 2. The molecule has 0 bridgehead atoms. The van der Waals surface area contributed by atoms with Gasteiger partial charge in [0.25, 0.3) is 0 Å². The predicted octanol–water partition coefficient (Wildman–Crippen LogP) is 3.36. The fourth-order valence-corrected chi connectivity index (χ4v) is 2.64. The van der Waals surface area contributed by atoms with E-state index in [1.54, 1.807) is 0 Å². The third-order valence-electron chi connectivity index (χ3n) is 3.17. The molecular formula is C18H18N4OS. The van der Waals surface area contributed by atoms with Crippen molar-refractivity contribution in [3.05, 3.63) is 66.2 Å². The van der Waals surface area contributed by atoms with Crippen molar-refractivity contribution in [1.82, 2.24) is 10.6 Å². The van der Waals surface area contributed by atoms with E-state index in [1.807, 2.05) is 73.8 Å². The van der Waals surface area contributed by atoms with E-state index < -0.39 is 0 Å². The Balaban J connectivity index is 1.91. The van der Waals surface area contributed by atoms with E-state index in [0.29, 0.717) is 5.17 Å². The Kier molecular flexibility index (Phi) is 6.87. The van der Waals surface area contributed by atoms with Crippen LogP contribution in [0, 0.1) is 11.5 Å². The number of para-hydroxylation sites is 1. The highest BCUT2D eigenvalue weighted by molar-refractivity contribution is 8.14. The van der Waals surface area contributed by atoms with Crippen LogP contribution in [0.4, 0.5) is 5.69 Å². The highest BCUT2D eigenvalue weighted by Crippen LogP contribution is 2.15. The Hall–Kier alpha value is -2.78. The molecule has 0 fully saturated rings. The maximum Gasteiger partial charge on any atom is 0.230 e.